The van der Waals surface area contributed by atoms with E-state index >= 15 is 0 Å². The molecule has 0 spiro atoms. The van der Waals surface area contributed by atoms with Crippen molar-refractivity contribution in [3.05, 3.63) is 46.0 Å². The smallest absolute Gasteiger partial charge is 0.285 e. The van der Waals surface area contributed by atoms with Crippen LogP contribution < -0.4 is 5.69 Å². The lowest BCUT2D eigenvalue weighted by molar-refractivity contribution is -0.105. The number of hydrogen-bond acceptors (Lipinski definition) is 4. The Morgan fingerprint density at radius 1 is 1.21 bits per heavy atom. The first-order chi connectivity index (χ1) is 11.2. The molecule has 0 saturated heterocycles. The molecule has 5 nitrogen and oxygen atoms in total. The zero-order valence-corrected chi connectivity index (χ0v) is 13.6. The van der Waals surface area contributed by atoms with E-state index in [1.54, 1.807) is 6.92 Å². The summed E-state index contributed by atoms with van der Waals surface area (Å²) in [7, 11) is 0. The van der Waals surface area contributed by atoms with Crippen LogP contribution in [0.4, 0.5) is 13.2 Å². The first-order valence-corrected chi connectivity index (χ1v) is 7.99. The van der Waals surface area contributed by atoms with Crippen LogP contribution in [0.15, 0.2) is 34.2 Å². The lowest BCUT2D eigenvalue weighted by Gasteiger charge is -2.06. The topological polar surface area (TPSA) is 63.1 Å². The summed E-state index contributed by atoms with van der Waals surface area (Å²) in [4.78, 5) is 18.6. The predicted octanol–water partition coefficient (Wildman–Crippen LogP) is 3.36. The van der Waals surface area contributed by atoms with Crippen molar-refractivity contribution in [2.24, 2.45) is 0 Å². The van der Waals surface area contributed by atoms with Gasteiger partial charge in [-0.1, -0.05) is 41.6 Å². The third kappa shape index (κ3) is 3.30. The molecule has 0 unspecified atom stereocenters. The molecule has 24 heavy (non-hydrogen) atoms. The van der Waals surface area contributed by atoms with E-state index in [9.17, 15) is 18.0 Å². The quantitative estimate of drug-likeness (QED) is 0.733. The second-order valence-electron chi connectivity index (χ2n) is 5.31. The molecule has 0 aliphatic rings. The number of aromatic amines is 1. The van der Waals surface area contributed by atoms with Gasteiger partial charge in [0, 0.05) is 5.56 Å². The summed E-state index contributed by atoms with van der Waals surface area (Å²) in [6.07, 6.45) is -4.34. The molecule has 2 aromatic heterocycles. The Labute approximate surface area is 138 Å². The number of fused-ring (bicyclic) bond motifs is 1. The summed E-state index contributed by atoms with van der Waals surface area (Å²) < 4.78 is 38.2. The van der Waals surface area contributed by atoms with Gasteiger partial charge in [-0.15, -0.1) is 0 Å². The highest BCUT2D eigenvalue weighted by molar-refractivity contribution is 7.99. The number of aryl methyl sites for hydroxylation is 2. The maximum atomic E-state index is 12.4. The minimum atomic E-state index is -4.34. The van der Waals surface area contributed by atoms with Crippen molar-refractivity contribution < 1.29 is 13.2 Å². The fourth-order valence-electron chi connectivity index (χ4n) is 2.31. The average molecular weight is 354 g/mol. The Morgan fingerprint density at radius 3 is 2.50 bits per heavy atom. The summed E-state index contributed by atoms with van der Waals surface area (Å²) in [5.41, 5.74) is 2.71. The molecule has 0 aliphatic heterocycles. The van der Waals surface area contributed by atoms with E-state index in [2.05, 4.69) is 15.1 Å². The highest BCUT2D eigenvalue weighted by Crippen LogP contribution is 2.29. The SMILES string of the molecule is Cc1ccc(-c2c(C)nn3c(=O)[nH]c(SCC(F)(F)F)nc23)cc1. The van der Waals surface area contributed by atoms with Crippen LogP contribution in [0.25, 0.3) is 16.8 Å². The summed E-state index contributed by atoms with van der Waals surface area (Å²) in [5, 5.41) is 4.06. The monoisotopic (exact) mass is 354 g/mol. The number of nitrogens with zero attached hydrogens (tertiary/aromatic N) is 3. The van der Waals surface area contributed by atoms with Crippen molar-refractivity contribution in [1.82, 2.24) is 19.6 Å². The molecular formula is C15H13F3N4OS. The van der Waals surface area contributed by atoms with E-state index in [1.165, 1.54) is 0 Å². The minimum Gasteiger partial charge on any atom is -0.285 e. The van der Waals surface area contributed by atoms with Crippen LogP contribution in [-0.4, -0.2) is 31.5 Å². The van der Waals surface area contributed by atoms with Gasteiger partial charge < -0.3 is 0 Å². The standard InChI is InChI=1S/C15H13F3N4OS/c1-8-3-5-10(6-4-8)11-9(2)21-22-12(11)19-13(20-14(22)23)24-7-15(16,17)18/h3-6H,7H2,1-2H3,(H,19,20,23). The summed E-state index contributed by atoms with van der Waals surface area (Å²) in [6.45, 7) is 3.67. The molecule has 1 N–H and O–H groups in total. The second-order valence-corrected chi connectivity index (χ2v) is 6.28. The van der Waals surface area contributed by atoms with Gasteiger partial charge in [-0.25, -0.2) is 9.78 Å². The van der Waals surface area contributed by atoms with Crippen LogP contribution in [-0.2, 0) is 0 Å². The number of nitrogens with one attached hydrogen (secondary N) is 1. The van der Waals surface area contributed by atoms with Crippen LogP contribution in [0.3, 0.4) is 0 Å². The molecule has 0 bridgehead atoms. The number of hydrogen-bond donors (Lipinski definition) is 1. The fraction of sp³-hybridized carbons (Fsp3) is 0.267. The molecule has 0 fully saturated rings. The van der Waals surface area contributed by atoms with E-state index < -0.39 is 17.6 Å². The van der Waals surface area contributed by atoms with Crippen molar-refractivity contribution in [3.63, 3.8) is 0 Å². The van der Waals surface area contributed by atoms with Gasteiger partial charge in [0.15, 0.2) is 10.8 Å². The largest absolute Gasteiger partial charge is 0.398 e. The Hall–Kier alpha value is -2.29. The van der Waals surface area contributed by atoms with Crippen LogP contribution in [0.1, 0.15) is 11.3 Å². The molecule has 2 heterocycles. The van der Waals surface area contributed by atoms with Crippen LogP contribution in [0, 0.1) is 13.8 Å². The predicted molar refractivity (Wildman–Crippen MR) is 85.3 cm³/mol. The molecule has 126 valence electrons. The van der Waals surface area contributed by atoms with Gasteiger partial charge in [0.25, 0.3) is 0 Å². The van der Waals surface area contributed by atoms with E-state index in [4.69, 9.17) is 0 Å². The Morgan fingerprint density at radius 2 is 1.88 bits per heavy atom. The normalized spacial score (nSPS) is 12.0. The Kier molecular flexibility index (Phi) is 4.12. The zero-order valence-electron chi connectivity index (χ0n) is 12.8. The van der Waals surface area contributed by atoms with Gasteiger partial charge in [-0.3, -0.25) is 4.98 Å². The lowest BCUT2D eigenvalue weighted by Crippen LogP contribution is -2.20. The highest BCUT2D eigenvalue weighted by atomic mass is 32.2. The maximum Gasteiger partial charge on any atom is 0.398 e. The molecular weight excluding hydrogens is 341 g/mol. The van der Waals surface area contributed by atoms with Crippen LogP contribution in [0.5, 0.6) is 0 Å². The van der Waals surface area contributed by atoms with Gasteiger partial charge in [0.2, 0.25) is 0 Å². The van der Waals surface area contributed by atoms with E-state index in [0.29, 0.717) is 23.0 Å². The number of benzene rings is 1. The van der Waals surface area contributed by atoms with Crippen LogP contribution in [0.2, 0.25) is 0 Å². The Bertz CT molecular complexity index is 944. The average Bonchev–Trinajstić information content (AvgIpc) is 2.82. The number of halogens is 3. The maximum absolute atomic E-state index is 12.4. The van der Waals surface area contributed by atoms with Crippen molar-refractivity contribution in [2.45, 2.75) is 25.2 Å². The molecule has 0 radical (unpaired) electrons. The third-order valence-electron chi connectivity index (χ3n) is 3.36. The summed E-state index contributed by atoms with van der Waals surface area (Å²) in [6, 6.07) is 7.55. The van der Waals surface area contributed by atoms with Gasteiger partial charge in [0.1, 0.15) is 0 Å². The lowest BCUT2D eigenvalue weighted by atomic mass is 10.0. The van der Waals surface area contributed by atoms with Gasteiger partial charge in [-0.2, -0.15) is 22.8 Å². The summed E-state index contributed by atoms with van der Waals surface area (Å²) >= 11 is 0.439. The number of alkyl halides is 3. The van der Waals surface area contributed by atoms with Crippen molar-refractivity contribution in [2.75, 3.05) is 5.75 Å². The summed E-state index contributed by atoms with van der Waals surface area (Å²) in [5.74, 6) is -1.13. The Balaban J connectivity index is 2.12. The molecule has 0 amide bonds. The van der Waals surface area contributed by atoms with E-state index in [-0.39, 0.29) is 10.8 Å². The van der Waals surface area contributed by atoms with Crippen LogP contribution >= 0.6 is 11.8 Å². The van der Waals surface area contributed by atoms with E-state index in [1.807, 2.05) is 31.2 Å². The van der Waals surface area contributed by atoms with Gasteiger partial charge in [-0.05, 0) is 19.4 Å². The molecule has 3 rings (SSSR count). The molecule has 9 heteroatoms. The number of H-pyrrole nitrogens is 1. The number of thioether (sulfide) groups is 1. The van der Waals surface area contributed by atoms with Gasteiger partial charge >= 0.3 is 11.9 Å². The highest BCUT2D eigenvalue weighted by Gasteiger charge is 2.28. The molecule has 1 aromatic carbocycles. The second kappa shape index (κ2) is 5.97. The first kappa shape index (κ1) is 16.6. The molecule has 0 aliphatic carbocycles. The minimum absolute atomic E-state index is 0.0851. The molecule has 0 saturated carbocycles. The van der Waals surface area contributed by atoms with Gasteiger partial charge in [0.05, 0.1) is 11.4 Å². The van der Waals surface area contributed by atoms with Crippen molar-refractivity contribution >= 4 is 17.4 Å². The fourth-order valence-corrected chi connectivity index (χ4v) is 2.92. The molecule has 3 aromatic rings. The molecule has 0 atom stereocenters. The van der Waals surface area contributed by atoms with Crippen molar-refractivity contribution in [3.8, 4) is 11.1 Å². The number of aromatic nitrogens is 4. The van der Waals surface area contributed by atoms with Crippen molar-refractivity contribution in [1.29, 1.82) is 0 Å². The number of rotatable bonds is 3. The third-order valence-corrected chi connectivity index (χ3v) is 4.30. The van der Waals surface area contributed by atoms with E-state index in [0.717, 1.165) is 15.6 Å². The first-order valence-electron chi connectivity index (χ1n) is 7.01. The zero-order chi connectivity index (χ0) is 17.5.